The lowest BCUT2D eigenvalue weighted by Gasteiger charge is -2.34. The van der Waals surface area contributed by atoms with Crippen molar-refractivity contribution in [1.29, 1.82) is 0 Å². The van der Waals surface area contributed by atoms with Crippen molar-refractivity contribution in [1.82, 2.24) is 9.47 Å². The summed E-state index contributed by atoms with van der Waals surface area (Å²) in [4.78, 5) is 22.6. The van der Waals surface area contributed by atoms with Crippen LogP contribution in [0.25, 0.3) is 6.08 Å². The molecule has 40 heavy (non-hydrogen) atoms. The van der Waals surface area contributed by atoms with Gasteiger partial charge in [0, 0.05) is 55.4 Å². The Balaban J connectivity index is 1.44. The van der Waals surface area contributed by atoms with Gasteiger partial charge in [-0.1, -0.05) is 31.2 Å². The molecule has 1 saturated heterocycles. The van der Waals surface area contributed by atoms with Crippen molar-refractivity contribution in [3.63, 3.8) is 0 Å². The second kappa shape index (κ2) is 11.7. The number of rotatable bonds is 7. The zero-order valence-corrected chi connectivity index (χ0v) is 22.8. The summed E-state index contributed by atoms with van der Waals surface area (Å²) < 4.78 is 42.1. The van der Waals surface area contributed by atoms with Crippen LogP contribution < -0.4 is 26.5 Å². The molecular formula is C31H34F3N5O. The van der Waals surface area contributed by atoms with E-state index in [4.69, 9.17) is 4.99 Å². The highest BCUT2D eigenvalue weighted by molar-refractivity contribution is 5.58. The summed E-state index contributed by atoms with van der Waals surface area (Å²) in [5.41, 5.74) is 2.78. The van der Waals surface area contributed by atoms with E-state index in [0.29, 0.717) is 17.7 Å². The summed E-state index contributed by atoms with van der Waals surface area (Å²) >= 11 is 0. The summed E-state index contributed by atoms with van der Waals surface area (Å²) in [7, 11) is 2.14. The first-order chi connectivity index (χ1) is 19.2. The highest BCUT2D eigenvalue weighted by atomic mass is 19.4. The molecule has 5 rings (SSSR count). The van der Waals surface area contributed by atoms with Crippen LogP contribution in [-0.2, 0) is 19.1 Å². The molecule has 1 fully saturated rings. The van der Waals surface area contributed by atoms with Gasteiger partial charge in [-0.05, 0) is 73.8 Å². The fraction of sp³-hybridized carbons (Fsp3) is 0.355. The van der Waals surface area contributed by atoms with Crippen LogP contribution in [0.1, 0.15) is 30.9 Å². The van der Waals surface area contributed by atoms with Crippen LogP contribution in [0.2, 0.25) is 0 Å². The number of nitrogens with zero attached hydrogens (tertiary/aromatic N) is 4. The Hall–Kier alpha value is -3.85. The maximum Gasteiger partial charge on any atom is 0.416 e. The molecule has 210 valence electrons. The summed E-state index contributed by atoms with van der Waals surface area (Å²) in [5.74, 6) is 0.667. The van der Waals surface area contributed by atoms with Crippen molar-refractivity contribution >= 4 is 17.5 Å². The van der Waals surface area contributed by atoms with E-state index < -0.39 is 11.7 Å². The number of anilines is 2. The topological polar surface area (TPSA) is 52.9 Å². The lowest BCUT2D eigenvalue weighted by molar-refractivity contribution is -0.138. The highest BCUT2D eigenvalue weighted by Crippen LogP contribution is 2.32. The first-order valence-corrected chi connectivity index (χ1v) is 13.7. The van der Waals surface area contributed by atoms with Gasteiger partial charge >= 0.3 is 6.18 Å². The van der Waals surface area contributed by atoms with Crippen molar-refractivity contribution in [2.24, 2.45) is 4.99 Å². The van der Waals surface area contributed by atoms with Gasteiger partial charge in [0.2, 0.25) is 0 Å². The maximum absolute atomic E-state index is 13.6. The van der Waals surface area contributed by atoms with Crippen LogP contribution >= 0.6 is 0 Å². The number of benzene rings is 2. The van der Waals surface area contributed by atoms with Crippen LogP contribution in [-0.4, -0.2) is 42.7 Å². The molecule has 2 aliphatic heterocycles. The minimum atomic E-state index is -4.46. The molecule has 1 N–H and O–H groups in total. The number of hydrogen-bond acceptors (Lipinski definition) is 5. The molecule has 0 radical (unpaired) electrons. The smallest absolute Gasteiger partial charge is 0.369 e. The molecule has 9 heteroatoms. The molecule has 3 aromatic rings. The summed E-state index contributed by atoms with van der Waals surface area (Å²) in [6.45, 7) is 6.19. The lowest BCUT2D eigenvalue weighted by Crippen LogP contribution is -2.44. The fourth-order valence-electron chi connectivity index (χ4n) is 5.23. The van der Waals surface area contributed by atoms with Crippen molar-refractivity contribution in [2.45, 2.75) is 38.9 Å². The molecule has 0 spiro atoms. The van der Waals surface area contributed by atoms with Gasteiger partial charge in [0.25, 0.3) is 5.56 Å². The zero-order valence-electron chi connectivity index (χ0n) is 22.8. The number of halogens is 3. The SMILES string of the molecule is CCC1=C(Nc2ccc(N3CCN(C)CC3)cc2)N=c2c(ccc(=O)n2CCc2ccccc2C(F)(F)F)=CC1. The molecule has 3 heterocycles. The Kier molecular flexibility index (Phi) is 8.12. The average Bonchev–Trinajstić information content (AvgIpc) is 3.12. The number of hydrogen-bond donors (Lipinski definition) is 1. The number of allylic oxidation sites excluding steroid dienone is 1. The molecule has 0 saturated carbocycles. The number of aromatic nitrogens is 1. The number of pyridine rings is 1. The van der Waals surface area contributed by atoms with Gasteiger partial charge in [0.1, 0.15) is 11.3 Å². The number of piperazine rings is 1. The van der Waals surface area contributed by atoms with E-state index in [-0.39, 0.29) is 24.1 Å². The Labute approximate surface area is 231 Å². The van der Waals surface area contributed by atoms with E-state index in [0.717, 1.165) is 55.1 Å². The predicted molar refractivity (Wildman–Crippen MR) is 153 cm³/mol. The number of fused-ring (bicyclic) bond motifs is 1. The van der Waals surface area contributed by atoms with E-state index in [9.17, 15) is 18.0 Å². The van der Waals surface area contributed by atoms with Gasteiger partial charge in [-0.15, -0.1) is 0 Å². The number of alkyl halides is 3. The van der Waals surface area contributed by atoms with Crippen molar-refractivity contribution in [2.75, 3.05) is 43.4 Å². The third-order valence-corrected chi connectivity index (χ3v) is 7.66. The zero-order chi connectivity index (χ0) is 28.3. The molecule has 2 aliphatic rings. The van der Waals surface area contributed by atoms with Gasteiger partial charge in [0.15, 0.2) is 0 Å². The summed E-state index contributed by atoms with van der Waals surface area (Å²) in [6.07, 6.45) is -0.948. The quantitative estimate of drug-likeness (QED) is 0.475. The molecule has 0 aliphatic carbocycles. The molecule has 1 aromatic heterocycles. The van der Waals surface area contributed by atoms with E-state index in [1.165, 1.54) is 28.5 Å². The molecule has 0 atom stereocenters. The highest BCUT2D eigenvalue weighted by Gasteiger charge is 2.32. The third-order valence-electron chi connectivity index (χ3n) is 7.66. The number of nitrogens with one attached hydrogen (secondary N) is 1. The van der Waals surface area contributed by atoms with Crippen molar-refractivity contribution < 1.29 is 13.2 Å². The standard InChI is InChI=1S/C31H34F3N5O/c1-3-22-8-9-24-10-15-28(40)39(17-16-23-6-4-5-7-27(23)31(32,33)34)30(24)36-29(22)35-25-11-13-26(14-12-25)38-20-18-37(2)19-21-38/h4-7,9-15,35H,3,8,16-21H2,1-2H3. The minimum absolute atomic E-state index is 0.0580. The van der Waals surface area contributed by atoms with Crippen molar-refractivity contribution in [3.05, 3.63) is 104 Å². The molecule has 6 nitrogen and oxygen atoms in total. The van der Waals surface area contributed by atoms with E-state index in [1.54, 1.807) is 12.1 Å². The van der Waals surface area contributed by atoms with Crippen LogP contribution in [0.15, 0.2) is 81.8 Å². The van der Waals surface area contributed by atoms with Gasteiger partial charge in [-0.25, -0.2) is 4.99 Å². The van der Waals surface area contributed by atoms with Crippen LogP contribution in [0, 0.1) is 0 Å². The first-order valence-electron chi connectivity index (χ1n) is 13.7. The Morgan fingerprint density at radius 1 is 0.950 bits per heavy atom. The summed E-state index contributed by atoms with van der Waals surface area (Å²) in [5, 5.41) is 4.24. The van der Waals surface area contributed by atoms with Crippen molar-refractivity contribution in [3.8, 4) is 0 Å². The normalized spacial score (nSPS) is 16.2. The summed E-state index contributed by atoms with van der Waals surface area (Å²) in [6, 6.07) is 17.0. The molecule has 2 aromatic carbocycles. The van der Waals surface area contributed by atoms with Gasteiger partial charge in [0.05, 0.1) is 5.56 Å². The number of aryl methyl sites for hydroxylation is 1. The third kappa shape index (κ3) is 6.14. The Morgan fingerprint density at radius 2 is 1.68 bits per heavy atom. The molecule has 0 unspecified atom stereocenters. The lowest BCUT2D eigenvalue weighted by atomic mass is 10.0. The van der Waals surface area contributed by atoms with E-state index in [1.807, 2.05) is 18.2 Å². The largest absolute Gasteiger partial charge is 0.416 e. The molecule has 0 amide bonds. The second-order valence-corrected chi connectivity index (χ2v) is 10.3. The fourth-order valence-corrected chi connectivity index (χ4v) is 5.23. The van der Waals surface area contributed by atoms with Crippen LogP contribution in [0.5, 0.6) is 0 Å². The van der Waals surface area contributed by atoms with Crippen LogP contribution in [0.4, 0.5) is 24.5 Å². The molecule has 0 bridgehead atoms. The maximum atomic E-state index is 13.6. The number of likely N-dealkylation sites (N-methyl/N-ethyl adjacent to an activating group) is 1. The first kappa shape index (κ1) is 27.7. The Bertz CT molecular complexity index is 1570. The van der Waals surface area contributed by atoms with E-state index in [2.05, 4.69) is 41.2 Å². The minimum Gasteiger partial charge on any atom is -0.369 e. The average molecular weight is 550 g/mol. The predicted octanol–water partition coefficient (Wildman–Crippen LogP) is 4.40. The van der Waals surface area contributed by atoms with Gasteiger partial charge in [-0.2, -0.15) is 13.2 Å². The van der Waals surface area contributed by atoms with Crippen LogP contribution in [0.3, 0.4) is 0 Å². The molecular weight excluding hydrogens is 515 g/mol. The van der Waals surface area contributed by atoms with Gasteiger partial charge in [-0.3, -0.25) is 9.36 Å². The van der Waals surface area contributed by atoms with Gasteiger partial charge < -0.3 is 15.1 Å². The van der Waals surface area contributed by atoms with E-state index >= 15 is 0 Å². The second-order valence-electron chi connectivity index (χ2n) is 10.3. The monoisotopic (exact) mass is 549 g/mol. The Morgan fingerprint density at radius 3 is 2.38 bits per heavy atom.